The molecule has 0 spiro atoms. The Morgan fingerprint density at radius 3 is 2.62 bits per heavy atom. The molecule has 1 N–H and O–H groups in total. The summed E-state index contributed by atoms with van der Waals surface area (Å²) < 4.78 is 50.5. The minimum absolute atomic E-state index is 0.0695. The van der Waals surface area contributed by atoms with Gasteiger partial charge in [-0.3, -0.25) is 4.79 Å². The van der Waals surface area contributed by atoms with Gasteiger partial charge in [0.2, 0.25) is 5.91 Å². The number of anilines is 1. The summed E-state index contributed by atoms with van der Waals surface area (Å²) in [6, 6.07) is 3.99. The number of halogens is 3. The zero-order valence-corrected chi connectivity index (χ0v) is 12.7. The van der Waals surface area contributed by atoms with Crippen LogP contribution in [0.15, 0.2) is 23.1 Å². The van der Waals surface area contributed by atoms with Crippen LogP contribution in [0.4, 0.5) is 14.5 Å². The fourth-order valence-corrected chi connectivity index (χ4v) is 2.31. The van der Waals surface area contributed by atoms with Gasteiger partial charge in [0.25, 0.3) is 15.5 Å². The van der Waals surface area contributed by atoms with Crippen LogP contribution in [-0.4, -0.2) is 34.0 Å². The van der Waals surface area contributed by atoms with E-state index in [9.17, 15) is 22.0 Å². The number of hydrogen-bond acceptors (Lipinski definition) is 4. The van der Waals surface area contributed by atoms with Gasteiger partial charge < -0.3 is 10.1 Å². The van der Waals surface area contributed by atoms with Crippen LogP contribution in [0.5, 0.6) is 0 Å². The summed E-state index contributed by atoms with van der Waals surface area (Å²) in [4.78, 5) is 11.5. The average Bonchev–Trinajstić information content (AvgIpc) is 2.35. The van der Waals surface area contributed by atoms with Gasteiger partial charge in [0.15, 0.2) is 0 Å². The van der Waals surface area contributed by atoms with Gasteiger partial charge in [-0.25, -0.2) is 17.2 Å². The van der Waals surface area contributed by atoms with Gasteiger partial charge >= 0.3 is 0 Å². The van der Waals surface area contributed by atoms with Crippen LogP contribution >= 0.6 is 10.7 Å². The summed E-state index contributed by atoms with van der Waals surface area (Å²) in [5.41, 5.74) is 0.927. The Labute approximate surface area is 125 Å². The molecular formula is C12H14ClF2NO4S. The maximum atomic E-state index is 11.8. The van der Waals surface area contributed by atoms with Crippen molar-refractivity contribution in [2.24, 2.45) is 0 Å². The largest absolute Gasteiger partial charge is 0.375 e. The summed E-state index contributed by atoms with van der Waals surface area (Å²) in [7, 11) is 1.38. The lowest BCUT2D eigenvalue weighted by Crippen LogP contribution is -2.16. The highest BCUT2D eigenvalue weighted by molar-refractivity contribution is 8.13. The lowest BCUT2D eigenvalue weighted by atomic mass is 10.2. The highest BCUT2D eigenvalue weighted by Gasteiger charge is 2.12. The minimum atomic E-state index is -3.83. The molecule has 0 aliphatic carbocycles. The van der Waals surface area contributed by atoms with Crippen molar-refractivity contribution < 1.29 is 26.7 Å². The number of aryl methyl sites for hydroxylation is 1. The molecule has 21 heavy (non-hydrogen) atoms. The Kier molecular flexibility index (Phi) is 6.50. The molecule has 1 aromatic rings. The number of alkyl halides is 2. The molecule has 0 unspecified atom stereocenters. The molecule has 0 bridgehead atoms. The predicted molar refractivity (Wildman–Crippen MR) is 74.3 cm³/mol. The molecule has 1 amide bonds. The van der Waals surface area contributed by atoms with Crippen molar-refractivity contribution in [3.63, 3.8) is 0 Å². The number of amides is 1. The third-order valence-corrected chi connectivity index (χ3v) is 3.82. The van der Waals surface area contributed by atoms with Crippen LogP contribution in [0.1, 0.15) is 12.0 Å². The molecular weight excluding hydrogens is 328 g/mol. The Morgan fingerprint density at radius 1 is 1.43 bits per heavy atom. The first-order chi connectivity index (χ1) is 9.70. The number of rotatable bonds is 7. The molecule has 0 aliphatic heterocycles. The maximum absolute atomic E-state index is 11.8. The van der Waals surface area contributed by atoms with Crippen LogP contribution in [-0.2, 0) is 18.6 Å². The number of benzene rings is 1. The fraction of sp³-hybridized carbons (Fsp3) is 0.417. The fourth-order valence-electron chi connectivity index (χ4n) is 1.48. The molecule has 1 aromatic carbocycles. The third-order valence-electron chi connectivity index (χ3n) is 2.47. The van der Waals surface area contributed by atoms with Gasteiger partial charge in [-0.2, -0.15) is 0 Å². The topological polar surface area (TPSA) is 72.5 Å². The van der Waals surface area contributed by atoms with Gasteiger partial charge in [-0.1, -0.05) is 0 Å². The Hall–Kier alpha value is -1.25. The first-order valence-electron chi connectivity index (χ1n) is 5.91. The van der Waals surface area contributed by atoms with Gasteiger partial charge in [0.1, 0.15) is 6.61 Å². The minimum Gasteiger partial charge on any atom is -0.375 e. The van der Waals surface area contributed by atoms with E-state index in [4.69, 9.17) is 10.7 Å². The van der Waals surface area contributed by atoms with E-state index in [1.165, 1.54) is 18.2 Å². The van der Waals surface area contributed by atoms with Crippen molar-refractivity contribution in [2.45, 2.75) is 24.7 Å². The molecule has 1 rings (SSSR count). The summed E-state index contributed by atoms with van der Waals surface area (Å²) in [5.74, 6) is -0.422. The van der Waals surface area contributed by atoms with Crippen LogP contribution in [0, 0.1) is 6.92 Å². The summed E-state index contributed by atoms with van der Waals surface area (Å²) >= 11 is 0. The van der Waals surface area contributed by atoms with Crippen LogP contribution in [0.25, 0.3) is 0 Å². The molecule has 0 saturated carbocycles. The average molecular weight is 342 g/mol. The quantitative estimate of drug-likeness (QED) is 0.611. The predicted octanol–water partition coefficient (Wildman–Crippen LogP) is 2.53. The van der Waals surface area contributed by atoms with E-state index in [0.29, 0.717) is 11.3 Å². The van der Waals surface area contributed by atoms with Crippen molar-refractivity contribution in [1.29, 1.82) is 0 Å². The summed E-state index contributed by atoms with van der Waals surface area (Å²) in [6.07, 6.45) is -2.65. The zero-order chi connectivity index (χ0) is 16.0. The Morgan fingerprint density at radius 2 is 2.10 bits per heavy atom. The van der Waals surface area contributed by atoms with E-state index < -0.39 is 28.0 Å². The first-order valence-corrected chi connectivity index (χ1v) is 8.22. The van der Waals surface area contributed by atoms with Gasteiger partial charge in [-0.05, 0) is 30.7 Å². The Balaban J connectivity index is 2.57. The van der Waals surface area contributed by atoms with Gasteiger partial charge in [0.05, 0.1) is 17.9 Å². The van der Waals surface area contributed by atoms with Crippen LogP contribution < -0.4 is 5.32 Å². The van der Waals surface area contributed by atoms with E-state index >= 15 is 0 Å². The molecule has 0 radical (unpaired) electrons. The normalized spacial score (nSPS) is 11.7. The molecule has 9 heteroatoms. The van der Waals surface area contributed by atoms with Crippen molar-refractivity contribution in [3.05, 3.63) is 23.8 Å². The van der Waals surface area contributed by atoms with Gasteiger partial charge in [-0.15, -0.1) is 0 Å². The van der Waals surface area contributed by atoms with Crippen molar-refractivity contribution in [1.82, 2.24) is 0 Å². The number of ether oxygens (including phenoxy) is 1. The van der Waals surface area contributed by atoms with E-state index in [0.717, 1.165) is 0 Å². The lowest BCUT2D eigenvalue weighted by Gasteiger charge is -2.09. The second kappa shape index (κ2) is 7.67. The monoisotopic (exact) mass is 341 g/mol. The van der Waals surface area contributed by atoms with Crippen molar-refractivity contribution >= 4 is 31.3 Å². The highest BCUT2D eigenvalue weighted by Crippen LogP contribution is 2.22. The number of nitrogens with one attached hydrogen (secondary N) is 1. The molecule has 0 heterocycles. The lowest BCUT2D eigenvalue weighted by molar-refractivity contribution is -0.117. The van der Waals surface area contributed by atoms with Crippen LogP contribution in [0.2, 0.25) is 0 Å². The van der Waals surface area contributed by atoms with Crippen LogP contribution in [0.3, 0.4) is 0 Å². The molecule has 0 saturated heterocycles. The van der Waals surface area contributed by atoms with E-state index in [2.05, 4.69) is 10.1 Å². The molecule has 0 aliphatic rings. The number of carbonyl (C=O) groups excluding carboxylic acids is 1. The number of hydrogen-bond donors (Lipinski definition) is 1. The summed E-state index contributed by atoms with van der Waals surface area (Å²) in [6.45, 7) is 0.770. The molecule has 0 fully saturated rings. The van der Waals surface area contributed by atoms with E-state index in [1.54, 1.807) is 6.92 Å². The molecule has 5 nitrogen and oxygen atoms in total. The molecule has 118 valence electrons. The van der Waals surface area contributed by atoms with Crippen molar-refractivity contribution in [2.75, 3.05) is 18.5 Å². The second-order valence-corrected chi connectivity index (χ2v) is 6.74. The molecule has 0 aromatic heterocycles. The van der Waals surface area contributed by atoms with E-state index in [-0.39, 0.29) is 17.9 Å². The number of carbonyl (C=O) groups is 1. The standard InChI is InChI=1S/C12H14ClF2NO4S/c1-8-6-9(21(13,18)19)2-3-10(8)16-12(17)4-5-20-7-11(14)15/h2-3,6,11H,4-5,7H2,1H3,(H,16,17). The van der Waals surface area contributed by atoms with E-state index in [1.807, 2.05) is 0 Å². The zero-order valence-electron chi connectivity index (χ0n) is 11.1. The summed E-state index contributed by atoms with van der Waals surface area (Å²) in [5, 5.41) is 2.53. The molecule has 0 atom stereocenters. The van der Waals surface area contributed by atoms with Crippen molar-refractivity contribution in [3.8, 4) is 0 Å². The first kappa shape index (κ1) is 17.8. The maximum Gasteiger partial charge on any atom is 0.261 e. The highest BCUT2D eigenvalue weighted by atomic mass is 35.7. The second-order valence-electron chi connectivity index (χ2n) is 4.18. The Bertz CT molecular complexity index is 607. The smallest absolute Gasteiger partial charge is 0.261 e. The SMILES string of the molecule is Cc1cc(S(=O)(=O)Cl)ccc1NC(=O)CCOCC(F)F. The van der Waals surface area contributed by atoms with Gasteiger partial charge in [0, 0.05) is 16.4 Å². The third kappa shape index (κ3) is 6.36.